The summed E-state index contributed by atoms with van der Waals surface area (Å²) < 4.78 is 44.2. The van der Waals surface area contributed by atoms with Gasteiger partial charge in [-0.05, 0) is 97.9 Å². The van der Waals surface area contributed by atoms with Crippen molar-refractivity contribution in [3.63, 3.8) is 0 Å². The molecule has 3 rings (SSSR count). The lowest BCUT2D eigenvalue weighted by Gasteiger charge is -2.27. The minimum Gasteiger partial charge on any atom is -0.488 e. The third kappa shape index (κ3) is 22.6. The van der Waals surface area contributed by atoms with Crippen LogP contribution in [0.25, 0.3) is 0 Å². The second kappa shape index (κ2) is 31.0. The standard InChI is InChI=1S/C47H58Br2O15S2/c1-5-35(50)30-44(55)63-36-10-6-33(7-11-36)47(3,4)34-8-12-37(13-9-34)64-45(56)31-62-43(54)17-27-66-25-15-41(52)59-21-19-57-18-20-58-40(51)14-24-65-26-16-42(53)60-22-23-61-46-38(48)28-32(2)29-39(46)49/h5-13,28-29,44-45,55-56H,1,14-27,30-31H2,2-4H3. The van der Waals surface area contributed by atoms with Crippen LogP contribution in [0, 0.1) is 6.92 Å². The molecule has 0 aliphatic rings. The first-order chi connectivity index (χ1) is 31.6. The number of aliphatic hydroxyl groups excluding tert-OH is 2. The average Bonchev–Trinajstić information content (AvgIpc) is 3.27. The fourth-order valence-electron chi connectivity index (χ4n) is 5.65. The van der Waals surface area contributed by atoms with Gasteiger partial charge in [-0.1, -0.05) is 44.7 Å². The molecule has 66 heavy (non-hydrogen) atoms. The molecule has 2 unspecified atom stereocenters. The molecule has 0 spiro atoms. The van der Waals surface area contributed by atoms with Gasteiger partial charge in [0.25, 0.3) is 0 Å². The maximum atomic E-state index is 12.2. The number of carbonyl (C=O) groups is 5. The van der Waals surface area contributed by atoms with Crippen molar-refractivity contribution in [2.24, 2.45) is 0 Å². The third-order valence-electron chi connectivity index (χ3n) is 9.21. The Hall–Kier alpha value is -4.11. The van der Waals surface area contributed by atoms with Gasteiger partial charge in [0, 0.05) is 28.4 Å². The van der Waals surface area contributed by atoms with Crippen molar-refractivity contribution in [1.29, 1.82) is 0 Å². The topological polar surface area (TPSA) is 200 Å². The SMILES string of the molecule is C=CC(=O)CC(O)Oc1ccc(C(C)(C)c2ccc(OC(O)COC(=O)CCSCCC(=O)OCCOCCOC(=O)CCSCCC(=O)OCCOc3c(Br)cc(C)cc3Br)cc2)cc1. The summed E-state index contributed by atoms with van der Waals surface area (Å²) >= 11 is 9.75. The molecule has 2 N–H and O–H groups in total. The van der Waals surface area contributed by atoms with Crippen LogP contribution < -0.4 is 14.2 Å². The van der Waals surface area contributed by atoms with Gasteiger partial charge in [-0.15, -0.1) is 0 Å². The van der Waals surface area contributed by atoms with Gasteiger partial charge in [-0.2, -0.15) is 23.5 Å². The predicted octanol–water partition coefficient (Wildman–Crippen LogP) is 7.68. The molecular weight excluding hydrogens is 1030 g/mol. The van der Waals surface area contributed by atoms with Crippen LogP contribution in [-0.2, 0) is 53.1 Å². The number of hydrogen-bond acceptors (Lipinski definition) is 17. The van der Waals surface area contributed by atoms with Crippen LogP contribution in [-0.4, -0.2) is 122 Å². The van der Waals surface area contributed by atoms with E-state index in [2.05, 4.69) is 38.4 Å². The van der Waals surface area contributed by atoms with E-state index < -0.39 is 29.9 Å². The van der Waals surface area contributed by atoms with Gasteiger partial charge < -0.3 is 48.1 Å². The molecule has 0 aromatic heterocycles. The zero-order valence-corrected chi connectivity index (χ0v) is 42.1. The first-order valence-corrected chi connectivity index (χ1v) is 25.0. The Morgan fingerprint density at radius 1 is 0.636 bits per heavy atom. The highest BCUT2D eigenvalue weighted by molar-refractivity contribution is 9.11. The zero-order valence-electron chi connectivity index (χ0n) is 37.3. The van der Waals surface area contributed by atoms with E-state index >= 15 is 0 Å². The normalized spacial score (nSPS) is 12.0. The van der Waals surface area contributed by atoms with Crippen LogP contribution in [0.15, 0.2) is 82.3 Å². The van der Waals surface area contributed by atoms with E-state index in [9.17, 15) is 34.2 Å². The third-order valence-corrected chi connectivity index (χ3v) is 12.4. The Morgan fingerprint density at radius 3 is 1.48 bits per heavy atom. The lowest BCUT2D eigenvalue weighted by atomic mass is 9.78. The Balaban J connectivity index is 1.12. The van der Waals surface area contributed by atoms with Crippen molar-refractivity contribution in [2.75, 3.05) is 69.3 Å². The van der Waals surface area contributed by atoms with E-state index in [1.165, 1.54) is 23.5 Å². The highest BCUT2D eigenvalue weighted by Gasteiger charge is 2.24. The molecule has 2 atom stereocenters. The van der Waals surface area contributed by atoms with Gasteiger partial charge in [-0.3, -0.25) is 24.0 Å². The van der Waals surface area contributed by atoms with Crippen molar-refractivity contribution in [3.8, 4) is 17.2 Å². The number of benzene rings is 3. The van der Waals surface area contributed by atoms with Crippen molar-refractivity contribution in [2.45, 2.75) is 70.9 Å². The maximum Gasteiger partial charge on any atom is 0.306 e. The summed E-state index contributed by atoms with van der Waals surface area (Å²) in [6, 6.07) is 18.2. The Kier molecular flexibility index (Phi) is 26.4. The average molecular weight is 1090 g/mol. The molecule has 0 bridgehead atoms. The zero-order chi connectivity index (χ0) is 48.3. The quantitative estimate of drug-likeness (QED) is 0.0198. The molecule has 15 nitrogen and oxygen atoms in total. The molecule has 0 amide bonds. The summed E-state index contributed by atoms with van der Waals surface area (Å²) in [7, 11) is 0. The fraction of sp³-hybridized carbons (Fsp3) is 0.468. The summed E-state index contributed by atoms with van der Waals surface area (Å²) in [5.74, 6) is 1.34. The molecule has 3 aromatic rings. The molecule has 362 valence electrons. The smallest absolute Gasteiger partial charge is 0.306 e. The van der Waals surface area contributed by atoms with Crippen LogP contribution in [0.2, 0.25) is 0 Å². The number of aryl methyl sites for hydroxylation is 1. The van der Waals surface area contributed by atoms with E-state index in [4.69, 9.17) is 37.9 Å². The number of aliphatic hydroxyl groups is 2. The minimum absolute atomic E-state index is 0.0475. The summed E-state index contributed by atoms with van der Waals surface area (Å²) in [5, 5.41) is 20.2. The number of ketones is 1. The molecule has 3 aromatic carbocycles. The van der Waals surface area contributed by atoms with Crippen LogP contribution in [0.1, 0.15) is 62.6 Å². The van der Waals surface area contributed by atoms with E-state index in [0.29, 0.717) is 40.3 Å². The van der Waals surface area contributed by atoms with Crippen LogP contribution in [0.3, 0.4) is 0 Å². The summed E-state index contributed by atoms with van der Waals surface area (Å²) in [6.07, 6.45) is -1.07. The molecule has 0 saturated heterocycles. The van der Waals surface area contributed by atoms with Gasteiger partial charge in [0.05, 0.1) is 54.3 Å². The van der Waals surface area contributed by atoms with E-state index in [1.807, 2.05) is 57.2 Å². The van der Waals surface area contributed by atoms with Gasteiger partial charge in [0.1, 0.15) is 43.7 Å². The molecule has 0 aliphatic carbocycles. The van der Waals surface area contributed by atoms with Crippen molar-refractivity contribution in [1.82, 2.24) is 0 Å². The van der Waals surface area contributed by atoms with Crippen LogP contribution in [0.5, 0.6) is 17.2 Å². The number of halogens is 2. The first kappa shape index (κ1) is 56.2. The number of thioether (sulfide) groups is 2. The number of ether oxygens (including phenoxy) is 8. The number of rotatable bonds is 33. The summed E-state index contributed by atoms with van der Waals surface area (Å²) in [5.41, 5.74) is 2.60. The van der Waals surface area contributed by atoms with Crippen molar-refractivity contribution < 1.29 is 72.1 Å². The molecule has 0 aliphatic heterocycles. The van der Waals surface area contributed by atoms with Gasteiger partial charge in [0.15, 0.2) is 12.4 Å². The fourth-order valence-corrected chi connectivity index (χ4v) is 8.94. The molecule has 0 saturated carbocycles. The molecule has 0 radical (unpaired) electrons. The number of allylic oxidation sites excluding steroid dienone is 1. The molecule has 19 heteroatoms. The van der Waals surface area contributed by atoms with Crippen molar-refractivity contribution >= 4 is 85.0 Å². The summed E-state index contributed by atoms with van der Waals surface area (Å²) in [6.45, 7) is 9.83. The predicted molar refractivity (Wildman–Crippen MR) is 258 cm³/mol. The van der Waals surface area contributed by atoms with E-state index in [-0.39, 0.29) is 96.1 Å². The van der Waals surface area contributed by atoms with Crippen molar-refractivity contribution in [3.05, 3.63) is 99.0 Å². The summed E-state index contributed by atoms with van der Waals surface area (Å²) in [4.78, 5) is 59.6. The number of carbonyl (C=O) groups excluding carboxylic acids is 5. The molecular formula is C47H58Br2O15S2. The van der Waals surface area contributed by atoms with Crippen LogP contribution >= 0.6 is 55.4 Å². The lowest BCUT2D eigenvalue weighted by Crippen LogP contribution is -2.24. The molecule has 0 fully saturated rings. The lowest BCUT2D eigenvalue weighted by molar-refractivity contribution is -0.153. The van der Waals surface area contributed by atoms with Crippen LogP contribution in [0.4, 0.5) is 0 Å². The first-order valence-electron chi connectivity index (χ1n) is 21.1. The highest BCUT2D eigenvalue weighted by Crippen LogP contribution is 2.35. The molecule has 0 heterocycles. The Morgan fingerprint density at radius 2 is 1.05 bits per heavy atom. The number of esters is 4. The van der Waals surface area contributed by atoms with Gasteiger partial charge in [0.2, 0.25) is 12.6 Å². The largest absolute Gasteiger partial charge is 0.488 e. The second-order valence-electron chi connectivity index (χ2n) is 14.8. The van der Waals surface area contributed by atoms with Gasteiger partial charge in [-0.25, -0.2) is 0 Å². The number of hydrogen-bond donors (Lipinski definition) is 2. The maximum absolute atomic E-state index is 12.2. The van der Waals surface area contributed by atoms with E-state index in [0.717, 1.165) is 31.7 Å². The van der Waals surface area contributed by atoms with E-state index in [1.54, 1.807) is 24.3 Å². The monoisotopic (exact) mass is 1080 g/mol. The van der Waals surface area contributed by atoms with Gasteiger partial charge >= 0.3 is 23.9 Å². The minimum atomic E-state index is -1.37. The second-order valence-corrected chi connectivity index (χ2v) is 18.9. The highest BCUT2D eigenvalue weighted by atomic mass is 79.9. The Labute approximate surface area is 411 Å². The Bertz CT molecular complexity index is 1970.